The van der Waals surface area contributed by atoms with Gasteiger partial charge in [-0.3, -0.25) is 0 Å². The standard InChI is InChI=1S/C13H16S/c1-11-7-9-13(14-11)10-8-12-5-3-2-4-6-12/h7,9,12H,2-6H2,1H3. The molecule has 1 aliphatic carbocycles. The van der Waals surface area contributed by atoms with E-state index in [9.17, 15) is 0 Å². The van der Waals surface area contributed by atoms with Crippen LogP contribution in [-0.4, -0.2) is 0 Å². The van der Waals surface area contributed by atoms with Gasteiger partial charge in [0.2, 0.25) is 0 Å². The number of rotatable bonds is 0. The Kier molecular flexibility index (Phi) is 3.26. The van der Waals surface area contributed by atoms with Gasteiger partial charge in [0.25, 0.3) is 0 Å². The van der Waals surface area contributed by atoms with Gasteiger partial charge in [-0.2, -0.15) is 0 Å². The van der Waals surface area contributed by atoms with Gasteiger partial charge in [-0.25, -0.2) is 0 Å². The molecule has 0 radical (unpaired) electrons. The summed E-state index contributed by atoms with van der Waals surface area (Å²) in [6, 6.07) is 4.28. The van der Waals surface area contributed by atoms with E-state index in [4.69, 9.17) is 0 Å². The molecule has 1 aliphatic rings. The zero-order chi connectivity index (χ0) is 9.80. The fourth-order valence-electron chi connectivity index (χ4n) is 1.92. The Morgan fingerprint density at radius 1 is 1.21 bits per heavy atom. The van der Waals surface area contributed by atoms with Gasteiger partial charge < -0.3 is 0 Å². The highest BCUT2D eigenvalue weighted by Gasteiger charge is 2.09. The Bertz CT molecular complexity index is 345. The first-order valence-electron chi connectivity index (χ1n) is 5.42. The van der Waals surface area contributed by atoms with Crippen LogP contribution in [0.2, 0.25) is 0 Å². The molecular weight excluding hydrogens is 188 g/mol. The minimum absolute atomic E-state index is 0.672. The van der Waals surface area contributed by atoms with Crippen molar-refractivity contribution in [3.8, 4) is 11.8 Å². The Balaban J connectivity index is 1.98. The van der Waals surface area contributed by atoms with Crippen molar-refractivity contribution in [2.75, 3.05) is 0 Å². The lowest BCUT2D eigenvalue weighted by Crippen LogP contribution is -2.02. The maximum Gasteiger partial charge on any atom is 0.0771 e. The van der Waals surface area contributed by atoms with Crippen LogP contribution in [-0.2, 0) is 0 Å². The zero-order valence-corrected chi connectivity index (χ0v) is 9.49. The Morgan fingerprint density at radius 3 is 2.64 bits per heavy atom. The lowest BCUT2D eigenvalue weighted by atomic mass is 9.90. The van der Waals surface area contributed by atoms with Crippen molar-refractivity contribution >= 4 is 11.3 Å². The van der Waals surface area contributed by atoms with Gasteiger partial charge in [0.05, 0.1) is 4.88 Å². The van der Waals surface area contributed by atoms with Gasteiger partial charge in [0, 0.05) is 10.8 Å². The molecule has 0 N–H and O–H groups in total. The van der Waals surface area contributed by atoms with Crippen LogP contribution in [0.1, 0.15) is 41.9 Å². The zero-order valence-electron chi connectivity index (χ0n) is 8.68. The normalized spacial score (nSPS) is 17.5. The predicted octanol–water partition coefficient (Wildman–Crippen LogP) is 3.99. The third-order valence-electron chi connectivity index (χ3n) is 2.75. The summed E-state index contributed by atoms with van der Waals surface area (Å²) in [7, 11) is 0. The average Bonchev–Trinajstić information content (AvgIpc) is 2.63. The van der Waals surface area contributed by atoms with E-state index in [0.717, 1.165) is 0 Å². The number of thiophene rings is 1. The van der Waals surface area contributed by atoms with Crippen molar-refractivity contribution < 1.29 is 0 Å². The summed E-state index contributed by atoms with van der Waals surface area (Å²) in [4.78, 5) is 2.59. The quantitative estimate of drug-likeness (QED) is 0.561. The molecule has 0 spiro atoms. The minimum Gasteiger partial charge on any atom is -0.132 e. The van der Waals surface area contributed by atoms with Crippen LogP contribution in [0.4, 0.5) is 0 Å². The van der Waals surface area contributed by atoms with Gasteiger partial charge >= 0.3 is 0 Å². The number of hydrogen-bond donors (Lipinski definition) is 0. The molecule has 0 aromatic carbocycles. The van der Waals surface area contributed by atoms with E-state index in [-0.39, 0.29) is 0 Å². The molecule has 0 bridgehead atoms. The molecule has 1 aromatic rings. The van der Waals surface area contributed by atoms with E-state index < -0.39 is 0 Å². The summed E-state index contributed by atoms with van der Waals surface area (Å²) in [6.45, 7) is 2.14. The Labute approximate surface area is 90.3 Å². The summed E-state index contributed by atoms with van der Waals surface area (Å²) < 4.78 is 0. The molecule has 1 saturated carbocycles. The van der Waals surface area contributed by atoms with Crippen molar-refractivity contribution in [2.45, 2.75) is 39.0 Å². The molecule has 0 amide bonds. The molecule has 0 aliphatic heterocycles. The highest BCUT2D eigenvalue weighted by molar-refractivity contribution is 7.12. The van der Waals surface area contributed by atoms with Gasteiger partial charge in [0.15, 0.2) is 0 Å². The monoisotopic (exact) mass is 204 g/mol. The molecule has 74 valence electrons. The van der Waals surface area contributed by atoms with Gasteiger partial charge in [-0.05, 0) is 31.9 Å². The third-order valence-corrected chi connectivity index (χ3v) is 3.66. The molecule has 0 unspecified atom stereocenters. The summed E-state index contributed by atoms with van der Waals surface area (Å²) in [6.07, 6.45) is 6.80. The number of hydrogen-bond acceptors (Lipinski definition) is 1. The van der Waals surface area contributed by atoms with Crippen molar-refractivity contribution in [1.82, 2.24) is 0 Å². The Hall–Kier alpha value is -0.740. The molecule has 1 fully saturated rings. The third kappa shape index (κ3) is 2.62. The van der Waals surface area contributed by atoms with E-state index in [1.54, 1.807) is 11.3 Å². The van der Waals surface area contributed by atoms with Crippen LogP contribution in [0.3, 0.4) is 0 Å². The summed E-state index contributed by atoms with van der Waals surface area (Å²) in [5.74, 6) is 7.39. The van der Waals surface area contributed by atoms with E-state index >= 15 is 0 Å². The predicted molar refractivity (Wildman–Crippen MR) is 62.5 cm³/mol. The maximum atomic E-state index is 3.41. The highest BCUT2D eigenvalue weighted by atomic mass is 32.1. The van der Waals surface area contributed by atoms with Gasteiger partial charge in [-0.1, -0.05) is 31.1 Å². The van der Waals surface area contributed by atoms with E-state index in [1.807, 2.05) is 0 Å². The second-order valence-corrected chi connectivity index (χ2v) is 5.30. The van der Waals surface area contributed by atoms with E-state index in [0.29, 0.717) is 5.92 Å². The first-order valence-corrected chi connectivity index (χ1v) is 6.24. The van der Waals surface area contributed by atoms with Gasteiger partial charge in [-0.15, -0.1) is 11.3 Å². The van der Waals surface area contributed by atoms with Crippen molar-refractivity contribution in [1.29, 1.82) is 0 Å². The molecule has 0 nitrogen and oxygen atoms in total. The van der Waals surface area contributed by atoms with Crippen LogP contribution < -0.4 is 0 Å². The lowest BCUT2D eigenvalue weighted by molar-refractivity contribution is 0.430. The molecule has 0 atom stereocenters. The Morgan fingerprint density at radius 2 is 2.00 bits per heavy atom. The fourth-order valence-corrected chi connectivity index (χ4v) is 2.65. The van der Waals surface area contributed by atoms with Gasteiger partial charge in [0.1, 0.15) is 0 Å². The smallest absolute Gasteiger partial charge is 0.0771 e. The van der Waals surface area contributed by atoms with Crippen LogP contribution in [0.5, 0.6) is 0 Å². The molecule has 1 aromatic heterocycles. The first-order chi connectivity index (χ1) is 6.84. The summed E-state index contributed by atoms with van der Waals surface area (Å²) in [5, 5.41) is 0. The molecule has 0 saturated heterocycles. The second-order valence-electron chi connectivity index (χ2n) is 4.01. The minimum atomic E-state index is 0.672. The first kappa shape index (κ1) is 9.80. The largest absolute Gasteiger partial charge is 0.132 e. The highest BCUT2D eigenvalue weighted by Crippen LogP contribution is 2.23. The van der Waals surface area contributed by atoms with Crippen LogP contribution >= 0.6 is 11.3 Å². The fraction of sp³-hybridized carbons (Fsp3) is 0.538. The lowest BCUT2D eigenvalue weighted by Gasteiger charge is -2.15. The molecule has 2 rings (SSSR count). The van der Waals surface area contributed by atoms with Crippen molar-refractivity contribution in [2.24, 2.45) is 5.92 Å². The maximum absolute atomic E-state index is 3.41. The molecule has 1 heteroatoms. The second kappa shape index (κ2) is 4.66. The summed E-state index contributed by atoms with van der Waals surface area (Å²) >= 11 is 1.80. The van der Waals surface area contributed by atoms with Crippen LogP contribution in [0.15, 0.2) is 12.1 Å². The van der Waals surface area contributed by atoms with Crippen LogP contribution in [0.25, 0.3) is 0 Å². The van der Waals surface area contributed by atoms with E-state index in [2.05, 4.69) is 30.9 Å². The van der Waals surface area contributed by atoms with E-state index in [1.165, 1.54) is 41.9 Å². The van der Waals surface area contributed by atoms with Crippen molar-refractivity contribution in [3.63, 3.8) is 0 Å². The topological polar surface area (TPSA) is 0 Å². The molecule has 14 heavy (non-hydrogen) atoms. The molecular formula is C13H16S. The van der Waals surface area contributed by atoms with Crippen molar-refractivity contribution in [3.05, 3.63) is 21.9 Å². The average molecular weight is 204 g/mol. The molecule has 1 heterocycles. The van der Waals surface area contributed by atoms with Crippen LogP contribution in [0, 0.1) is 24.7 Å². The SMILES string of the molecule is Cc1ccc(C#CC2CCCCC2)s1. The summed E-state index contributed by atoms with van der Waals surface area (Å²) in [5.41, 5.74) is 0. The number of aryl methyl sites for hydroxylation is 1.